The standard InChI is InChI=1S/C12H14N6O2S/c1-2-13-9-4-3-5-10(11(9)18(19)20)21-12-14-15-16-17(12)8-6-7-8/h3-5,8,13H,2,6-7H2,1H3. The highest BCUT2D eigenvalue weighted by atomic mass is 32.2. The van der Waals surface area contributed by atoms with Crippen LogP contribution in [0.2, 0.25) is 0 Å². The maximum atomic E-state index is 11.4. The first-order chi connectivity index (χ1) is 10.2. The molecule has 1 aliphatic rings. The molecular weight excluding hydrogens is 292 g/mol. The summed E-state index contributed by atoms with van der Waals surface area (Å²) in [6, 6.07) is 5.54. The zero-order chi connectivity index (χ0) is 14.8. The van der Waals surface area contributed by atoms with Crippen molar-refractivity contribution < 1.29 is 4.92 Å². The Bertz CT molecular complexity index is 670. The number of tetrazole rings is 1. The number of nitrogens with zero attached hydrogens (tertiary/aromatic N) is 5. The molecule has 0 saturated heterocycles. The second kappa shape index (κ2) is 5.68. The lowest BCUT2D eigenvalue weighted by molar-refractivity contribution is -0.386. The number of aromatic nitrogens is 4. The van der Waals surface area contributed by atoms with E-state index < -0.39 is 0 Å². The SMILES string of the molecule is CCNc1cccc(Sc2nnnn2C2CC2)c1[N+](=O)[O-]. The Balaban J connectivity index is 1.95. The second-order valence-corrected chi connectivity index (χ2v) is 5.69. The summed E-state index contributed by atoms with van der Waals surface area (Å²) < 4.78 is 1.74. The number of nitro groups is 1. The maximum absolute atomic E-state index is 11.4. The van der Waals surface area contributed by atoms with E-state index in [-0.39, 0.29) is 10.6 Å². The summed E-state index contributed by atoms with van der Waals surface area (Å²) in [6.07, 6.45) is 2.11. The van der Waals surface area contributed by atoms with Crippen molar-refractivity contribution in [2.75, 3.05) is 11.9 Å². The monoisotopic (exact) mass is 306 g/mol. The van der Waals surface area contributed by atoms with Crippen LogP contribution in [-0.2, 0) is 0 Å². The Morgan fingerprint density at radius 2 is 2.33 bits per heavy atom. The molecule has 1 aromatic heterocycles. The van der Waals surface area contributed by atoms with Crippen LogP contribution in [0.1, 0.15) is 25.8 Å². The molecular formula is C12H14N6O2S. The average Bonchev–Trinajstić information content (AvgIpc) is 3.20. The van der Waals surface area contributed by atoms with E-state index in [0.717, 1.165) is 12.8 Å². The first kappa shape index (κ1) is 13.8. The summed E-state index contributed by atoms with van der Waals surface area (Å²) in [6.45, 7) is 2.52. The van der Waals surface area contributed by atoms with E-state index in [0.29, 0.717) is 28.3 Å². The highest BCUT2D eigenvalue weighted by Gasteiger charge is 2.29. The van der Waals surface area contributed by atoms with Crippen molar-refractivity contribution in [1.29, 1.82) is 0 Å². The van der Waals surface area contributed by atoms with E-state index >= 15 is 0 Å². The molecule has 1 heterocycles. The number of nitrogens with one attached hydrogen (secondary N) is 1. The number of para-hydroxylation sites is 1. The maximum Gasteiger partial charge on any atom is 0.306 e. The van der Waals surface area contributed by atoms with Crippen molar-refractivity contribution in [1.82, 2.24) is 20.2 Å². The van der Waals surface area contributed by atoms with Crippen LogP contribution in [0.15, 0.2) is 28.3 Å². The fourth-order valence-corrected chi connectivity index (χ4v) is 3.01. The lowest BCUT2D eigenvalue weighted by Crippen LogP contribution is -2.03. The number of benzene rings is 1. The topological polar surface area (TPSA) is 98.8 Å². The zero-order valence-electron chi connectivity index (χ0n) is 11.4. The molecule has 0 aliphatic heterocycles. The highest BCUT2D eigenvalue weighted by Crippen LogP contribution is 2.41. The first-order valence-corrected chi connectivity index (χ1v) is 7.49. The predicted molar refractivity (Wildman–Crippen MR) is 77.5 cm³/mol. The van der Waals surface area contributed by atoms with E-state index in [1.54, 1.807) is 22.9 Å². The van der Waals surface area contributed by atoms with Crippen molar-refractivity contribution in [2.45, 2.75) is 35.9 Å². The number of rotatable bonds is 6. The van der Waals surface area contributed by atoms with Gasteiger partial charge in [0.15, 0.2) is 0 Å². The molecule has 3 rings (SSSR count). The van der Waals surface area contributed by atoms with Gasteiger partial charge in [-0.25, -0.2) is 4.68 Å². The summed E-state index contributed by atoms with van der Waals surface area (Å²) in [5, 5.41) is 26.6. The van der Waals surface area contributed by atoms with Gasteiger partial charge in [-0.15, -0.1) is 5.10 Å². The van der Waals surface area contributed by atoms with Gasteiger partial charge in [-0.05, 0) is 54.1 Å². The Kier molecular flexibility index (Phi) is 3.74. The lowest BCUT2D eigenvalue weighted by Gasteiger charge is -2.08. The Morgan fingerprint density at radius 3 is 3.00 bits per heavy atom. The van der Waals surface area contributed by atoms with Crippen LogP contribution < -0.4 is 5.32 Å². The molecule has 0 spiro atoms. The quantitative estimate of drug-likeness (QED) is 0.646. The number of hydrogen-bond donors (Lipinski definition) is 1. The summed E-state index contributed by atoms with van der Waals surface area (Å²) in [7, 11) is 0. The molecule has 1 saturated carbocycles. The van der Waals surface area contributed by atoms with Crippen LogP contribution in [0.4, 0.5) is 11.4 Å². The van der Waals surface area contributed by atoms with Crippen molar-refractivity contribution in [2.24, 2.45) is 0 Å². The molecule has 8 nitrogen and oxygen atoms in total. The van der Waals surface area contributed by atoms with Gasteiger partial charge in [0, 0.05) is 6.54 Å². The van der Waals surface area contributed by atoms with Gasteiger partial charge < -0.3 is 5.32 Å². The molecule has 0 bridgehead atoms. The summed E-state index contributed by atoms with van der Waals surface area (Å²) in [5.41, 5.74) is 0.577. The van der Waals surface area contributed by atoms with E-state index in [1.807, 2.05) is 6.92 Å². The fraction of sp³-hybridized carbons (Fsp3) is 0.417. The Labute approximate surface area is 125 Å². The average molecular weight is 306 g/mol. The summed E-state index contributed by atoms with van der Waals surface area (Å²) >= 11 is 1.23. The highest BCUT2D eigenvalue weighted by molar-refractivity contribution is 7.99. The smallest absolute Gasteiger partial charge is 0.306 e. The number of nitro benzene ring substituents is 1. The minimum Gasteiger partial charge on any atom is -0.380 e. The Morgan fingerprint density at radius 1 is 1.52 bits per heavy atom. The van der Waals surface area contributed by atoms with E-state index in [2.05, 4.69) is 20.8 Å². The van der Waals surface area contributed by atoms with Gasteiger partial charge in [0.2, 0.25) is 5.16 Å². The summed E-state index contributed by atoms with van der Waals surface area (Å²) in [5.74, 6) is 0. The largest absolute Gasteiger partial charge is 0.380 e. The van der Waals surface area contributed by atoms with Gasteiger partial charge in [0.05, 0.1) is 15.9 Å². The fourth-order valence-electron chi connectivity index (χ4n) is 2.03. The third-order valence-corrected chi connectivity index (χ3v) is 4.11. The van der Waals surface area contributed by atoms with Gasteiger partial charge in [0.1, 0.15) is 5.69 Å². The van der Waals surface area contributed by atoms with E-state index in [1.165, 1.54) is 11.8 Å². The van der Waals surface area contributed by atoms with Crippen LogP contribution in [0.5, 0.6) is 0 Å². The van der Waals surface area contributed by atoms with Crippen LogP contribution in [-0.4, -0.2) is 31.7 Å². The van der Waals surface area contributed by atoms with E-state index in [4.69, 9.17) is 0 Å². The number of anilines is 1. The van der Waals surface area contributed by atoms with Crippen molar-refractivity contribution in [3.8, 4) is 0 Å². The molecule has 0 unspecified atom stereocenters. The third-order valence-electron chi connectivity index (χ3n) is 3.11. The molecule has 2 aromatic rings. The first-order valence-electron chi connectivity index (χ1n) is 6.67. The van der Waals surface area contributed by atoms with Crippen LogP contribution in [0.25, 0.3) is 0 Å². The van der Waals surface area contributed by atoms with Crippen molar-refractivity contribution >= 4 is 23.1 Å². The van der Waals surface area contributed by atoms with Gasteiger partial charge in [0.25, 0.3) is 0 Å². The molecule has 0 amide bonds. The van der Waals surface area contributed by atoms with Crippen LogP contribution >= 0.6 is 11.8 Å². The third kappa shape index (κ3) is 2.82. The van der Waals surface area contributed by atoms with Gasteiger partial charge in [-0.3, -0.25) is 10.1 Å². The van der Waals surface area contributed by atoms with Gasteiger partial charge >= 0.3 is 5.69 Å². The molecule has 1 aromatic carbocycles. The van der Waals surface area contributed by atoms with Gasteiger partial charge in [-0.2, -0.15) is 0 Å². The minimum absolute atomic E-state index is 0.0645. The minimum atomic E-state index is -0.369. The van der Waals surface area contributed by atoms with Crippen LogP contribution in [0, 0.1) is 10.1 Å². The normalized spacial score (nSPS) is 14.1. The second-order valence-electron chi connectivity index (χ2n) is 4.68. The van der Waals surface area contributed by atoms with Crippen molar-refractivity contribution in [3.05, 3.63) is 28.3 Å². The number of hydrogen-bond acceptors (Lipinski definition) is 7. The van der Waals surface area contributed by atoms with Crippen LogP contribution in [0.3, 0.4) is 0 Å². The molecule has 0 atom stereocenters. The molecule has 9 heteroatoms. The lowest BCUT2D eigenvalue weighted by atomic mass is 10.2. The molecule has 110 valence electrons. The molecule has 1 N–H and O–H groups in total. The van der Waals surface area contributed by atoms with E-state index in [9.17, 15) is 10.1 Å². The summed E-state index contributed by atoms with van der Waals surface area (Å²) in [4.78, 5) is 11.5. The molecule has 0 radical (unpaired) electrons. The zero-order valence-corrected chi connectivity index (χ0v) is 12.2. The van der Waals surface area contributed by atoms with Gasteiger partial charge in [-0.1, -0.05) is 6.07 Å². The Hall–Kier alpha value is -2.16. The predicted octanol–water partition coefficient (Wildman–Crippen LogP) is 2.50. The molecule has 1 fully saturated rings. The molecule has 1 aliphatic carbocycles. The molecule has 21 heavy (non-hydrogen) atoms. The van der Waals surface area contributed by atoms with Crippen molar-refractivity contribution in [3.63, 3.8) is 0 Å².